The summed E-state index contributed by atoms with van der Waals surface area (Å²) in [6, 6.07) is 27.7. The first-order valence-corrected chi connectivity index (χ1v) is 10.0. The third kappa shape index (κ3) is 3.41. The van der Waals surface area contributed by atoms with Gasteiger partial charge in [0.2, 0.25) is 11.8 Å². The Morgan fingerprint density at radius 2 is 0.933 bits per heavy atom. The Balaban J connectivity index is 2.01. The number of carbonyl (C=O) groups excluding carboxylic acids is 2. The summed E-state index contributed by atoms with van der Waals surface area (Å²) < 4.78 is 0. The first kappa shape index (κ1) is 19.6. The minimum Gasteiger partial charge on any atom is -0.359 e. The average Bonchev–Trinajstić information content (AvgIpc) is 2.81. The first-order valence-electron chi connectivity index (χ1n) is 10.0. The number of carbonyl (C=O) groups is 2. The van der Waals surface area contributed by atoms with Crippen molar-refractivity contribution in [1.29, 1.82) is 0 Å². The molecule has 0 heterocycles. The number of amides is 2. The van der Waals surface area contributed by atoms with E-state index in [9.17, 15) is 9.59 Å². The van der Waals surface area contributed by atoms with E-state index < -0.39 is 11.8 Å². The Morgan fingerprint density at radius 1 is 0.567 bits per heavy atom. The molecule has 0 aliphatic rings. The molecule has 0 aliphatic carbocycles. The van der Waals surface area contributed by atoms with Gasteiger partial charge >= 0.3 is 0 Å². The second kappa shape index (κ2) is 8.37. The van der Waals surface area contributed by atoms with Crippen LogP contribution in [0.1, 0.15) is 23.0 Å². The van der Waals surface area contributed by atoms with Crippen LogP contribution in [0.25, 0.3) is 21.5 Å². The third-order valence-electron chi connectivity index (χ3n) is 5.71. The van der Waals surface area contributed by atoms with Gasteiger partial charge in [0.25, 0.3) is 0 Å². The molecule has 0 radical (unpaired) electrons. The van der Waals surface area contributed by atoms with Gasteiger partial charge < -0.3 is 10.6 Å². The van der Waals surface area contributed by atoms with Gasteiger partial charge in [0.1, 0.15) is 0 Å². The van der Waals surface area contributed by atoms with Crippen LogP contribution in [-0.4, -0.2) is 25.9 Å². The van der Waals surface area contributed by atoms with Crippen LogP contribution in [0.5, 0.6) is 0 Å². The van der Waals surface area contributed by atoms with Gasteiger partial charge in [-0.15, -0.1) is 0 Å². The molecule has 30 heavy (non-hydrogen) atoms. The summed E-state index contributed by atoms with van der Waals surface area (Å²) in [5, 5.41) is 9.60. The Morgan fingerprint density at radius 3 is 1.33 bits per heavy atom. The van der Waals surface area contributed by atoms with Gasteiger partial charge in [-0.1, -0.05) is 84.9 Å². The van der Waals surface area contributed by atoms with E-state index in [1.807, 2.05) is 84.9 Å². The summed E-state index contributed by atoms with van der Waals surface area (Å²) in [5.41, 5.74) is 1.68. The van der Waals surface area contributed by atoms with E-state index in [1.54, 1.807) is 14.1 Å². The lowest BCUT2D eigenvalue weighted by molar-refractivity contribution is -0.128. The van der Waals surface area contributed by atoms with Crippen molar-refractivity contribution >= 4 is 33.4 Å². The zero-order valence-corrected chi connectivity index (χ0v) is 17.1. The largest absolute Gasteiger partial charge is 0.359 e. The van der Waals surface area contributed by atoms with E-state index in [4.69, 9.17) is 0 Å². The lowest BCUT2D eigenvalue weighted by Crippen LogP contribution is -2.37. The first-order chi connectivity index (χ1) is 14.7. The SMILES string of the molecule is CNC(=O)[C@H](c1cccc2ccccc12)[C@H](C(=O)NC)c1cccc2ccccc12. The van der Waals surface area contributed by atoms with Crippen LogP contribution in [-0.2, 0) is 9.59 Å². The number of fused-ring (bicyclic) bond motifs is 2. The monoisotopic (exact) mass is 396 g/mol. The third-order valence-corrected chi connectivity index (χ3v) is 5.71. The van der Waals surface area contributed by atoms with Gasteiger partial charge in [-0.05, 0) is 32.7 Å². The number of likely N-dealkylation sites (N-methyl/N-ethyl adjacent to an activating group) is 2. The topological polar surface area (TPSA) is 58.2 Å². The maximum absolute atomic E-state index is 13.2. The molecular formula is C26H24N2O2. The van der Waals surface area contributed by atoms with Gasteiger partial charge in [-0.25, -0.2) is 0 Å². The molecule has 0 aliphatic heterocycles. The predicted octanol–water partition coefficient (Wildman–Crippen LogP) is 4.35. The van der Waals surface area contributed by atoms with Gasteiger partial charge in [-0.3, -0.25) is 9.59 Å². The van der Waals surface area contributed by atoms with Crippen molar-refractivity contribution in [2.24, 2.45) is 0 Å². The minimum atomic E-state index is -0.674. The Labute approximate surface area is 175 Å². The Hall–Kier alpha value is -3.66. The normalized spacial score (nSPS) is 13.0. The molecule has 4 heteroatoms. The van der Waals surface area contributed by atoms with Gasteiger partial charge in [-0.2, -0.15) is 0 Å². The molecule has 2 amide bonds. The summed E-state index contributed by atoms with van der Waals surface area (Å²) >= 11 is 0. The molecule has 0 aromatic heterocycles. The molecular weight excluding hydrogens is 372 g/mol. The highest BCUT2D eigenvalue weighted by atomic mass is 16.2. The van der Waals surface area contributed by atoms with E-state index in [2.05, 4.69) is 10.6 Å². The molecule has 4 aromatic carbocycles. The number of benzene rings is 4. The van der Waals surface area contributed by atoms with Crippen molar-refractivity contribution in [3.63, 3.8) is 0 Å². The fourth-order valence-electron chi connectivity index (χ4n) is 4.30. The second-order valence-corrected chi connectivity index (χ2v) is 7.32. The predicted molar refractivity (Wildman–Crippen MR) is 122 cm³/mol. The van der Waals surface area contributed by atoms with E-state index >= 15 is 0 Å². The number of hydrogen-bond donors (Lipinski definition) is 2. The molecule has 2 atom stereocenters. The van der Waals surface area contributed by atoms with Crippen LogP contribution in [0.2, 0.25) is 0 Å². The molecule has 0 fully saturated rings. The van der Waals surface area contributed by atoms with E-state index in [1.165, 1.54) is 0 Å². The van der Waals surface area contributed by atoms with E-state index in [0.29, 0.717) is 0 Å². The molecule has 0 bridgehead atoms. The zero-order chi connectivity index (χ0) is 21.1. The highest BCUT2D eigenvalue weighted by Crippen LogP contribution is 2.39. The highest BCUT2D eigenvalue weighted by Gasteiger charge is 2.37. The fraction of sp³-hybridized carbons (Fsp3) is 0.154. The van der Waals surface area contributed by atoms with Crippen LogP contribution in [0.3, 0.4) is 0 Å². The molecule has 0 spiro atoms. The van der Waals surface area contributed by atoms with Gasteiger partial charge in [0, 0.05) is 14.1 Å². The number of nitrogens with one attached hydrogen (secondary N) is 2. The Bertz CT molecular complexity index is 1120. The summed E-state index contributed by atoms with van der Waals surface area (Å²) in [4.78, 5) is 26.5. The summed E-state index contributed by atoms with van der Waals surface area (Å²) in [6.45, 7) is 0. The molecule has 150 valence electrons. The van der Waals surface area contributed by atoms with Crippen LogP contribution in [0.15, 0.2) is 84.9 Å². The summed E-state index contributed by atoms with van der Waals surface area (Å²) in [6.07, 6.45) is 0. The van der Waals surface area contributed by atoms with Crippen molar-refractivity contribution in [3.05, 3.63) is 96.1 Å². The lowest BCUT2D eigenvalue weighted by Gasteiger charge is -2.27. The van der Waals surface area contributed by atoms with Crippen molar-refractivity contribution in [2.75, 3.05) is 14.1 Å². The number of rotatable bonds is 5. The molecule has 0 unspecified atom stereocenters. The standard InChI is InChI=1S/C26H24N2O2/c1-27-25(29)23(21-15-7-11-17-9-3-5-13-19(17)21)24(26(30)28-2)22-16-8-12-18-10-4-6-14-20(18)22/h3-16,23-24H,1-2H3,(H,27,29)(H,28,30)/t23-,24-/m1/s1. The molecule has 4 nitrogen and oxygen atoms in total. The second-order valence-electron chi connectivity index (χ2n) is 7.32. The van der Waals surface area contributed by atoms with Gasteiger partial charge in [0.05, 0.1) is 11.8 Å². The maximum Gasteiger partial charge on any atom is 0.228 e. The van der Waals surface area contributed by atoms with Crippen LogP contribution < -0.4 is 10.6 Å². The van der Waals surface area contributed by atoms with Crippen LogP contribution in [0, 0.1) is 0 Å². The molecule has 4 aromatic rings. The Kier molecular flexibility index (Phi) is 5.48. The summed E-state index contributed by atoms with van der Waals surface area (Å²) in [5.74, 6) is -1.72. The fourth-order valence-corrected chi connectivity index (χ4v) is 4.30. The smallest absolute Gasteiger partial charge is 0.228 e. The summed E-state index contributed by atoms with van der Waals surface area (Å²) in [7, 11) is 3.23. The van der Waals surface area contributed by atoms with Gasteiger partial charge in [0.15, 0.2) is 0 Å². The minimum absolute atomic E-state index is 0.187. The maximum atomic E-state index is 13.2. The molecule has 2 N–H and O–H groups in total. The molecule has 4 rings (SSSR count). The van der Waals surface area contributed by atoms with Crippen molar-refractivity contribution in [3.8, 4) is 0 Å². The van der Waals surface area contributed by atoms with E-state index in [0.717, 1.165) is 32.7 Å². The highest BCUT2D eigenvalue weighted by molar-refractivity contribution is 6.01. The molecule has 0 saturated carbocycles. The number of hydrogen-bond acceptors (Lipinski definition) is 2. The van der Waals surface area contributed by atoms with E-state index in [-0.39, 0.29) is 11.8 Å². The molecule has 0 saturated heterocycles. The van der Waals surface area contributed by atoms with Crippen LogP contribution >= 0.6 is 0 Å². The zero-order valence-electron chi connectivity index (χ0n) is 17.1. The van der Waals surface area contributed by atoms with Crippen molar-refractivity contribution in [2.45, 2.75) is 11.8 Å². The van der Waals surface area contributed by atoms with Crippen molar-refractivity contribution in [1.82, 2.24) is 10.6 Å². The van der Waals surface area contributed by atoms with Crippen molar-refractivity contribution < 1.29 is 9.59 Å². The average molecular weight is 396 g/mol. The van der Waals surface area contributed by atoms with Crippen LogP contribution in [0.4, 0.5) is 0 Å². The lowest BCUT2D eigenvalue weighted by atomic mass is 9.77. The quantitative estimate of drug-likeness (QED) is 0.527.